The third-order valence-corrected chi connectivity index (χ3v) is 3.52. The van der Waals surface area contributed by atoms with Gasteiger partial charge in [0.05, 0.1) is 6.42 Å². The van der Waals surface area contributed by atoms with Gasteiger partial charge in [-0.05, 0) is 52.4 Å². The van der Waals surface area contributed by atoms with Crippen LogP contribution in [0.2, 0.25) is 0 Å². The third kappa shape index (κ3) is 5.58. The highest BCUT2D eigenvalue weighted by atomic mass is 16.6. The highest BCUT2D eigenvalue weighted by Gasteiger charge is 2.29. The molecule has 0 aromatic rings. The Balaban J connectivity index is 2.56. The summed E-state index contributed by atoms with van der Waals surface area (Å²) in [4.78, 5) is 23.1. The van der Waals surface area contributed by atoms with Gasteiger partial charge in [0.15, 0.2) is 0 Å². The lowest BCUT2D eigenvalue weighted by Gasteiger charge is -2.31. The number of esters is 1. The molecule has 0 heterocycles. The van der Waals surface area contributed by atoms with E-state index in [9.17, 15) is 9.59 Å². The lowest BCUT2D eigenvalue weighted by atomic mass is 9.74. The molecule has 0 bridgehead atoms. The van der Waals surface area contributed by atoms with Crippen LogP contribution in [0.25, 0.3) is 0 Å². The summed E-state index contributed by atoms with van der Waals surface area (Å²) in [5, 5.41) is 0. The number of hydrogen-bond donors (Lipinski definition) is 0. The lowest BCUT2D eigenvalue weighted by molar-refractivity contribution is -0.155. The highest BCUT2D eigenvalue weighted by Crippen LogP contribution is 2.37. The molecule has 1 fully saturated rings. The topological polar surface area (TPSA) is 43.4 Å². The molecule has 0 aromatic heterocycles. The van der Waals surface area contributed by atoms with E-state index in [-0.39, 0.29) is 23.6 Å². The Morgan fingerprint density at radius 1 is 1.21 bits per heavy atom. The normalized spacial score (nSPS) is 24.1. The number of carbonyl (C=O) groups is 2. The van der Waals surface area contributed by atoms with Crippen molar-refractivity contribution in [3.05, 3.63) is 12.2 Å². The number of hydrogen-bond acceptors (Lipinski definition) is 3. The summed E-state index contributed by atoms with van der Waals surface area (Å²) in [6.45, 7) is 11.4. The summed E-state index contributed by atoms with van der Waals surface area (Å²) in [6.07, 6.45) is 4.01. The van der Waals surface area contributed by atoms with E-state index in [4.69, 9.17) is 4.74 Å². The van der Waals surface area contributed by atoms with E-state index < -0.39 is 5.60 Å². The Morgan fingerprint density at radius 3 is 2.21 bits per heavy atom. The molecule has 0 radical (unpaired) electrons. The molecule has 1 aliphatic rings. The monoisotopic (exact) mass is 266 g/mol. The maximum atomic E-state index is 11.9. The summed E-state index contributed by atoms with van der Waals surface area (Å²) < 4.78 is 5.36. The minimum absolute atomic E-state index is 0.165. The van der Waals surface area contributed by atoms with Gasteiger partial charge in [-0.15, -0.1) is 0 Å². The fourth-order valence-electron chi connectivity index (χ4n) is 2.71. The number of ketones is 1. The number of ether oxygens (including phenoxy) is 1. The molecule has 3 heteroatoms. The van der Waals surface area contributed by atoms with E-state index in [1.165, 1.54) is 0 Å². The van der Waals surface area contributed by atoms with Crippen LogP contribution >= 0.6 is 0 Å². The van der Waals surface area contributed by atoms with Crippen LogP contribution in [0.5, 0.6) is 0 Å². The molecule has 0 amide bonds. The molecule has 2 atom stereocenters. The summed E-state index contributed by atoms with van der Waals surface area (Å²) >= 11 is 0. The van der Waals surface area contributed by atoms with Gasteiger partial charge in [-0.25, -0.2) is 0 Å². The Hall–Kier alpha value is -1.12. The molecule has 0 aromatic carbocycles. The average molecular weight is 266 g/mol. The first-order valence-corrected chi connectivity index (χ1v) is 7.09. The van der Waals surface area contributed by atoms with E-state index in [1.54, 1.807) is 6.92 Å². The van der Waals surface area contributed by atoms with E-state index in [0.29, 0.717) is 12.8 Å². The standard InChI is InChI=1S/C16H26O3/c1-11(17)9-13-7-6-8-14(12(13)2)10-15(18)19-16(3,4)5/h13-14H,2,6-10H2,1,3-5H3/t13?,14-/m0/s1. The van der Waals surface area contributed by atoms with Crippen molar-refractivity contribution in [2.45, 2.75) is 65.4 Å². The zero-order valence-corrected chi connectivity index (χ0v) is 12.6. The smallest absolute Gasteiger partial charge is 0.306 e. The van der Waals surface area contributed by atoms with Crippen LogP contribution in [-0.2, 0) is 14.3 Å². The molecule has 0 aliphatic heterocycles. The van der Waals surface area contributed by atoms with Gasteiger partial charge in [-0.2, -0.15) is 0 Å². The molecular weight excluding hydrogens is 240 g/mol. The van der Waals surface area contributed by atoms with E-state index in [1.807, 2.05) is 20.8 Å². The summed E-state index contributed by atoms with van der Waals surface area (Å²) in [5.41, 5.74) is 0.624. The molecule has 108 valence electrons. The molecule has 19 heavy (non-hydrogen) atoms. The number of carbonyl (C=O) groups excluding carboxylic acids is 2. The molecule has 1 aliphatic carbocycles. The first kappa shape index (κ1) is 15.9. The van der Waals surface area contributed by atoms with Gasteiger partial charge in [-0.1, -0.05) is 18.6 Å². The van der Waals surface area contributed by atoms with Crippen LogP contribution < -0.4 is 0 Å². The van der Waals surface area contributed by atoms with Gasteiger partial charge in [0.1, 0.15) is 11.4 Å². The van der Waals surface area contributed by atoms with Crippen LogP contribution in [-0.4, -0.2) is 17.4 Å². The zero-order valence-electron chi connectivity index (χ0n) is 12.6. The molecule has 1 rings (SSSR count). The van der Waals surface area contributed by atoms with Gasteiger partial charge < -0.3 is 9.53 Å². The van der Waals surface area contributed by atoms with Crippen LogP contribution in [0.15, 0.2) is 12.2 Å². The first-order valence-electron chi connectivity index (χ1n) is 7.09. The van der Waals surface area contributed by atoms with Crippen molar-refractivity contribution in [3.8, 4) is 0 Å². The number of allylic oxidation sites excluding steroid dienone is 1. The van der Waals surface area contributed by atoms with Crippen LogP contribution in [0, 0.1) is 11.8 Å². The fraction of sp³-hybridized carbons (Fsp3) is 0.750. The molecule has 1 saturated carbocycles. The minimum Gasteiger partial charge on any atom is -0.460 e. The van der Waals surface area contributed by atoms with Crippen LogP contribution in [0.3, 0.4) is 0 Å². The van der Waals surface area contributed by atoms with Gasteiger partial charge in [0, 0.05) is 6.42 Å². The van der Waals surface area contributed by atoms with Crippen molar-refractivity contribution in [3.63, 3.8) is 0 Å². The second-order valence-electron chi connectivity index (χ2n) is 6.60. The predicted octanol–water partition coefficient (Wildman–Crippen LogP) is 3.67. The molecule has 0 N–H and O–H groups in total. The highest BCUT2D eigenvalue weighted by molar-refractivity contribution is 5.76. The quantitative estimate of drug-likeness (QED) is 0.576. The minimum atomic E-state index is -0.439. The van der Waals surface area contributed by atoms with E-state index in [0.717, 1.165) is 24.8 Å². The summed E-state index contributed by atoms with van der Waals surface area (Å²) in [5.74, 6) is 0.456. The lowest BCUT2D eigenvalue weighted by Crippen LogP contribution is -2.28. The van der Waals surface area contributed by atoms with Crippen molar-refractivity contribution in [2.24, 2.45) is 11.8 Å². The van der Waals surface area contributed by atoms with Gasteiger partial charge in [-0.3, -0.25) is 4.79 Å². The van der Waals surface area contributed by atoms with E-state index in [2.05, 4.69) is 6.58 Å². The van der Waals surface area contributed by atoms with Gasteiger partial charge in [0.2, 0.25) is 0 Å². The molecule has 1 unspecified atom stereocenters. The molecular formula is C16H26O3. The summed E-state index contributed by atoms with van der Waals surface area (Å²) in [7, 11) is 0. The predicted molar refractivity (Wildman–Crippen MR) is 75.7 cm³/mol. The van der Waals surface area contributed by atoms with Crippen molar-refractivity contribution in [2.75, 3.05) is 0 Å². The number of rotatable bonds is 4. The third-order valence-electron chi connectivity index (χ3n) is 3.52. The van der Waals surface area contributed by atoms with Crippen molar-refractivity contribution in [1.82, 2.24) is 0 Å². The van der Waals surface area contributed by atoms with E-state index >= 15 is 0 Å². The second-order valence-corrected chi connectivity index (χ2v) is 6.60. The first-order chi connectivity index (χ1) is 8.69. The summed E-state index contributed by atoms with van der Waals surface area (Å²) in [6, 6.07) is 0. The van der Waals surface area contributed by atoms with Crippen molar-refractivity contribution in [1.29, 1.82) is 0 Å². The number of Topliss-reactive ketones (excluding diaryl/α,β-unsaturated/α-hetero) is 1. The molecule has 0 spiro atoms. The van der Waals surface area contributed by atoms with Crippen LogP contribution in [0.4, 0.5) is 0 Å². The fourth-order valence-corrected chi connectivity index (χ4v) is 2.71. The Morgan fingerprint density at radius 2 is 1.74 bits per heavy atom. The second kappa shape index (κ2) is 6.36. The Kier molecular flexibility index (Phi) is 5.33. The largest absolute Gasteiger partial charge is 0.460 e. The Bertz CT molecular complexity index is 363. The molecule has 3 nitrogen and oxygen atoms in total. The molecule has 0 saturated heterocycles. The van der Waals surface area contributed by atoms with Crippen LogP contribution in [0.1, 0.15) is 59.8 Å². The Labute approximate surface area is 116 Å². The SMILES string of the molecule is C=C1C(CC(C)=O)CCC[C@H]1CC(=O)OC(C)(C)C. The van der Waals surface area contributed by atoms with Gasteiger partial charge >= 0.3 is 5.97 Å². The van der Waals surface area contributed by atoms with Crippen molar-refractivity contribution < 1.29 is 14.3 Å². The van der Waals surface area contributed by atoms with Gasteiger partial charge in [0.25, 0.3) is 0 Å². The zero-order chi connectivity index (χ0) is 14.6. The van der Waals surface area contributed by atoms with Crippen molar-refractivity contribution >= 4 is 11.8 Å². The maximum Gasteiger partial charge on any atom is 0.306 e. The maximum absolute atomic E-state index is 11.9. The average Bonchev–Trinajstić information content (AvgIpc) is 2.20.